The van der Waals surface area contributed by atoms with Crippen LogP contribution in [-0.4, -0.2) is 19.4 Å². The van der Waals surface area contributed by atoms with Crippen molar-refractivity contribution in [2.24, 2.45) is 11.8 Å². The van der Waals surface area contributed by atoms with Crippen molar-refractivity contribution in [1.82, 2.24) is 9.71 Å². The van der Waals surface area contributed by atoms with E-state index in [0.29, 0.717) is 10.4 Å². The van der Waals surface area contributed by atoms with Gasteiger partial charge in [-0.25, -0.2) is 24.0 Å². The van der Waals surface area contributed by atoms with Crippen LogP contribution in [0, 0.1) is 5.92 Å². The summed E-state index contributed by atoms with van der Waals surface area (Å²) in [6.07, 6.45) is 3.36. The van der Waals surface area contributed by atoms with Crippen LogP contribution in [0.15, 0.2) is 21.6 Å². The molecule has 1 aliphatic rings. The number of aromatic nitrogens is 1. The minimum absolute atomic E-state index is 0.0320. The summed E-state index contributed by atoms with van der Waals surface area (Å²) >= 11 is 3.20. The Labute approximate surface area is 115 Å². The Morgan fingerprint density at radius 2 is 2.33 bits per heavy atom. The van der Waals surface area contributed by atoms with Crippen LogP contribution in [-0.2, 0) is 10.0 Å². The Hall–Kier alpha value is -0.700. The zero-order valence-electron chi connectivity index (χ0n) is 9.85. The van der Waals surface area contributed by atoms with Crippen LogP contribution in [0.5, 0.6) is 0 Å². The number of hydrazine groups is 1. The van der Waals surface area contributed by atoms with Gasteiger partial charge in [0.1, 0.15) is 4.90 Å². The van der Waals surface area contributed by atoms with Gasteiger partial charge in [0.25, 0.3) is 0 Å². The van der Waals surface area contributed by atoms with E-state index in [1.165, 1.54) is 12.3 Å². The minimum atomic E-state index is -3.59. The molecule has 8 heteroatoms. The molecule has 1 aromatic heterocycles. The van der Waals surface area contributed by atoms with Gasteiger partial charge in [0, 0.05) is 16.7 Å². The molecular formula is C10H15BrN4O2S. The van der Waals surface area contributed by atoms with Crippen LogP contribution in [0.4, 0.5) is 5.82 Å². The number of nitrogens with one attached hydrogen (secondary N) is 2. The molecule has 1 aliphatic carbocycles. The van der Waals surface area contributed by atoms with E-state index in [0.717, 1.165) is 12.8 Å². The molecule has 2 unspecified atom stereocenters. The highest BCUT2D eigenvalue weighted by molar-refractivity contribution is 9.10. The molecule has 100 valence electrons. The molecule has 0 spiro atoms. The molecular weight excluding hydrogens is 320 g/mol. The molecule has 0 radical (unpaired) electrons. The van der Waals surface area contributed by atoms with Gasteiger partial charge in [-0.2, -0.15) is 0 Å². The quantitative estimate of drug-likeness (QED) is 0.555. The zero-order chi connectivity index (χ0) is 13.3. The molecule has 0 bridgehead atoms. The normalized spacial score (nSPS) is 22.8. The number of hydrogen-bond acceptors (Lipinski definition) is 5. The summed E-state index contributed by atoms with van der Waals surface area (Å²) in [6.45, 7) is 2.05. The molecule has 1 saturated carbocycles. The lowest BCUT2D eigenvalue weighted by Gasteiger charge is -2.10. The van der Waals surface area contributed by atoms with Crippen molar-refractivity contribution in [3.05, 3.63) is 16.7 Å². The first-order valence-corrected chi connectivity index (χ1v) is 7.90. The van der Waals surface area contributed by atoms with Gasteiger partial charge in [-0.1, -0.05) is 13.3 Å². The summed E-state index contributed by atoms with van der Waals surface area (Å²) in [6, 6.07) is 1.51. The monoisotopic (exact) mass is 334 g/mol. The number of halogens is 1. The van der Waals surface area contributed by atoms with E-state index in [1.54, 1.807) is 0 Å². The van der Waals surface area contributed by atoms with Crippen LogP contribution >= 0.6 is 15.9 Å². The van der Waals surface area contributed by atoms with Gasteiger partial charge in [0.05, 0.1) is 0 Å². The van der Waals surface area contributed by atoms with Crippen molar-refractivity contribution in [3.63, 3.8) is 0 Å². The predicted molar refractivity (Wildman–Crippen MR) is 72.3 cm³/mol. The zero-order valence-corrected chi connectivity index (χ0v) is 12.3. The number of anilines is 1. The molecule has 6 nitrogen and oxygen atoms in total. The number of nitrogens with two attached hydrogens (primary N) is 1. The Kier molecular flexibility index (Phi) is 3.90. The molecule has 18 heavy (non-hydrogen) atoms. The summed E-state index contributed by atoms with van der Waals surface area (Å²) in [5.74, 6) is 5.85. The van der Waals surface area contributed by atoms with E-state index in [4.69, 9.17) is 5.84 Å². The highest BCUT2D eigenvalue weighted by Gasteiger charge is 2.39. The number of sulfonamides is 1. The molecule has 2 atom stereocenters. The van der Waals surface area contributed by atoms with E-state index < -0.39 is 10.0 Å². The molecule has 1 heterocycles. The first kappa shape index (κ1) is 13.7. The Morgan fingerprint density at radius 1 is 1.61 bits per heavy atom. The van der Waals surface area contributed by atoms with Crippen molar-refractivity contribution in [1.29, 1.82) is 0 Å². The maximum Gasteiger partial charge on any atom is 0.244 e. The number of nitrogen functional groups attached to an aromatic ring is 1. The van der Waals surface area contributed by atoms with Crippen molar-refractivity contribution < 1.29 is 8.42 Å². The molecule has 0 aromatic carbocycles. The topological polar surface area (TPSA) is 97.1 Å². The first-order chi connectivity index (χ1) is 8.47. The van der Waals surface area contributed by atoms with Crippen molar-refractivity contribution in [2.75, 3.05) is 5.43 Å². The predicted octanol–water partition coefficient (Wildman–Crippen LogP) is 1.21. The van der Waals surface area contributed by atoms with Gasteiger partial charge >= 0.3 is 0 Å². The minimum Gasteiger partial charge on any atom is -0.307 e. The van der Waals surface area contributed by atoms with E-state index >= 15 is 0 Å². The molecule has 1 fully saturated rings. The molecule has 1 aromatic rings. The first-order valence-electron chi connectivity index (χ1n) is 5.62. The van der Waals surface area contributed by atoms with E-state index in [1.807, 2.05) is 6.92 Å². The van der Waals surface area contributed by atoms with Gasteiger partial charge in [0.15, 0.2) is 5.82 Å². The van der Waals surface area contributed by atoms with Crippen LogP contribution in [0.2, 0.25) is 0 Å². The summed E-state index contributed by atoms with van der Waals surface area (Å²) in [5, 5.41) is 0. The van der Waals surface area contributed by atoms with Crippen molar-refractivity contribution in [3.8, 4) is 0 Å². The SMILES string of the molecule is CCC1CC1NS(=O)(=O)c1cc(Br)cnc1NN. The van der Waals surface area contributed by atoms with E-state index in [-0.39, 0.29) is 16.8 Å². The van der Waals surface area contributed by atoms with Gasteiger partial charge in [0.2, 0.25) is 10.0 Å². The maximum absolute atomic E-state index is 12.2. The average molecular weight is 335 g/mol. The molecule has 4 N–H and O–H groups in total. The smallest absolute Gasteiger partial charge is 0.244 e. The molecule has 2 rings (SSSR count). The van der Waals surface area contributed by atoms with Gasteiger partial charge in [-0.3, -0.25) is 0 Å². The van der Waals surface area contributed by atoms with Crippen LogP contribution in [0.25, 0.3) is 0 Å². The summed E-state index contributed by atoms with van der Waals surface area (Å²) in [4.78, 5) is 3.98. The number of rotatable bonds is 5. The highest BCUT2D eigenvalue weighted by atomic mass is 79.9. The fraction of sp³-hybridized carbons (Fsp3) is 0.500. The second kappa shape index (κ2) is 5.12. The largest absolute Gasteiger partial charge is 0.307 e. The third kappa shape index (κ3) is 2.82. The molecule has 0 aliphatic heterocycles. The van der Waals surface area contributed by atoms with Gasteiger partial charge < -0.3 is 5.43 Å². The Bertz CT molecular complexity index is 549. The average Bonchev–Trinajstić information content (AvgIpc) is 3.06. The third-order valence-corrected chi connectivity index (χ3v) is 4.94. The number of pyridine rings is 1. The van der Waals surface area contributed by atoms with Crippen LogP contribution in [0.3, 0.4) is 0 Å². The van der Waals surface area contributed by atoms with Gasteiger partial charge in [-0.05, 0) is 34.3 Å². The lowest BCUT2D eigenvalue weighted by Crippen LogP contribution is -2.28. The fourth-order valence-corrected chi connectivity index (χ4v) is 3.79. The van der Waals surface area contributed by atoms with E-state index in [2.05, 4.69) is 31.1 Å². The second-order valence-corrected chi connectivity index (χ2v) is 6.87. The Morgan fingerprint density at radius 3 is 2.89 bits per heavy atom. The van der Waals surface area contributed by atoms with Crippen LogP contribution < -0.4 is 16.0 Å². The van der Waals surface area contributed by atoms with Crippen molar-refractivity contribution in [2.45, 2.75) is 30.7 Å². The van der Waals surface area contributed by atoms with Crippen molar-refractivity contribution >= 4 is 31.8 Å². The van der Waals surface area contributed by atoms with E-state index in [9.17, 15) is 8.42 Å². The number of nitrogens with zero attached hydrogens (tertiary/aromatic N) is 1. The summed E-state index contributed by atoms with van der Waals surface area (Å²) < 4.78 is 27.7. The standard InChI is InChI=1S/C10H15BrN4O2S/c1-2-6-3-8(6)15-18(16,17)9-4-7(11)5-13-10(9)14-12/h4-6,8,15H,2-3,12H2,1H3,(H,13,14). The fourth-order valence-electron chi connectivity index (χ4n) is 1.84. The second-order valence-electron chi connectivity index (χ2n) is 4.28. The molecule has 0 amide bonds. The Balaban J connectivity index is 2.26. The maximum atomic E-state index is 12.2. The number of hydrogen-bond donors (Lipinski definition) is 3. The lowest BCUT2D eigenvalue weighted by molar-refractivity contribution is 0.575. The summed E-state index contributed by atoms with van der Waals surface area (Å²) in [7, 11) is -3.59. The summed E-state index contributed by atoms with van der Waals surface area (Å²) in [5.41, 5.74) is 2.30. The molecule has 0 saturated heterocycles. The third-order valence-electron chi connectivity index (χ3n) is 3.00. The lowest BCUT2D eigenvalue weighted by atomic mass is 10.3. The van der Waals surface area contributed by atoms with Crippen LogP contribution in [0.1, 0.15) is 19.8 Å². The highest BCUT2D eigenvalue weighted by Crippen LogP contribution is 2.35. The van der Waals surface area contributed by atoms with Gasteiger partial charge in [-0.15, -0.1) is 0 Å².